The minimum absolute atomic E-state index is 0.590. The normalized spacial score (nSPS) is 14.8. The van der Waals surface area contributed by atoms with E-state index in [1.54, 1.807) is 12.1 Å². The van der Waals surface area contributed by atoms with Crippen molar-refractivity contribution < 1.29 is 4.74 Å². The lowest BCUT2D eigenvalue weighted by atomic mass is 10.3. The average molecular weight is 192 g/mol. The topological polar surface area (TPSA) is 49.4 Å². The number of ether oxygens (including phenoxy) is 1. The number of benzene rings is 1. The zero-order valence-electron chi connectivity index (χ0n) is 8.02. The molecular weight excluding hydrogens is 178 g/mol. The summed E-state index contributed by atoms with van der Waals surface area (Å²) >= 11 is 0. The van der Waals surface area contributed by atoms with Crippen LogP contribution in [-0.2, 0) is 4.74 Å². The molecule has 2 rings (SSSR count). The summed E-state index contributed by atoms with van der Waals surface area (Å²) < 4.78 is 5.01. The fourth-order valence-electron chi connectivity index (χ4n) is 1.01. The van der Waals surface area contributed by atoms with Gasteiger partial charge in [-0.25, -0.2) is 0 Å². The molecule has 0 amide bonds. The minimum Gasteiger partial charge on any atom is -0.379 e. The van der Waals surface area contributed by atoms with Gasteiger partial charge in [-0.2, -0.15) is 0 Å². The summed E-state index contributed by atoms with van der Waals surface area (Å²) in [5.74, 6) is 0. The largest absolute Gasteiger partial charge is 0.385 e. The molecule has 1 N–H and O–H groups in total. The van der Waals surface area contributed by atoms with Crippen LogP contribution in [0.5, 0.6) is 0 Å². The highest BCUT2D eigenvalue weighted by Gasteiger charge is 1.96. The van der Waals surface area contributed by atoms with Gasteiger partial charge in [-0.15, -0.1) is 0 Å². The molecule has 1 aromatic carbocycles. The number of morpholine rings is 1. The number of nitrogens with zero attached hydrogens (tertiary/aromatic N) is 2. The van der Waals surface area contributed by atoms with E-state index >= 15 is 0 Å². The molecule has 1 fully saturated rings. The summed E-state index contributed by atoms with van der Waals surface area (Å²) in [7, 11) is 0. The third kappa shape index (κ3) is 4.55. The van der Waals surface area contributed by atoms with Crippen LogP contribution < -0.4 is 5.32 Å². The Hall–Kier alpha value is -1.44. The van der Waals surface area contributed by atoms with Gasteiger partial charge in [0.2, 0.25) is 5.39 Å². The Labute approximate surface area is 83.5 Å². The Bertz CT molecular complexity index is 266. The first-order valence-corrected chi connectivity index (χ1v) is 4.62. The molecule has 74 valence electrons. The van der Waals surface area contributed by atoms with Crippen molar-refractivity contribution in [2.45, 2.75) is 0 Å². The fraction of sp³-hybridized carbons (Fsp3) is 0.400. The van der Waals surface area contributed by atoms with E-state index in [0.29, 0.717) is 5.69 Å². The lowest BCUT2D eigenvalue weighted by molar-refractivity contribution is 0.109. The van der Waals surface area contributed by atoms with Crippen LogP contribution in [0, 0.1) is 5.39 Å². The summed E-state index contributed by atoms with van der Waals surface area (Å²) in [5.41, 5.74) is 0.590. The molecule has 4 nitrogen and oxygen atoms in total. The molecule has 1 saturated heterocycles. The molecule has 14 heavy (non-hydrogen) atoms. The average Bonchev–Trinajstić information content (AvgIpc) is 2.33. The fourth-order valence-corrected chi connectivity index (χ4v) is 1.01. The summed E-state index contributed by atoms with van der Waals surface area (Å²) in [6.45, 7) is 3.83. The Morgan fingerprint density at radius 3 is 2.07 bits per heavy atom. The highest BCUT2D eigenvalue weighted by Crippen LogP contribution is 2.07. The molecule has 0 aromatic heterocycles. The van der Waals surface area contributed by atoms with Gasteiger partial charge in [0.15, 0.2) is 4.98 Å². The van der Waals surface area contributed by atoms with Crippen LogP contribution in [0.3, 0.4) is 0 Å². The summed E-state index contributed by atoms with van der Waals surface area (Å²) in [6.07, 6.45) is 0. The highest BCUT2D eigenvalue weighted by molar-refractivity contribution is 5.42. The smallest absolute Gasteiger partial charge is 0.379 e. The molecule has 0 aliphatic carbocycles. The van der Waals surface area contributed by atoms with Gasteiger partial charge in [-0.1, -0.05) is 18.2 Å². The summed E-state index contributed by atoms with van der Waals surface area (Å²) in [5, 5.41) is 11.3. The maximum absolute atomic E-state index is 8.16. The van der Waals surface area contributed by atoms with Crippen molar-refractivity contribution in [3.63, 3.8) is 0 Å². The quantitative estimate of drug-likeness (QED) is 0.637. The van der Waals surface area contributed by atoms with Gasteiger partial charge in [0.1, 0.15) is 0 Å². The molecule has 4 heteroatoms. The van der Waals surface area contributed by atoms with Crippen LogP contribution in [0.2, 0.25) is 0 Å². The third-order valence-corrected chi connectivity index (χ3v) is 1.72. The molecule has 0 spiro atoms. The number of nitrogens with one attached hydrogen (secondary N) is 1. The van der Waals surface area contributed by atoms with Crippen LogP contribution in [0.4, 0.5) is 5.69 Å². The number of diazo groups is 1. The van der Waals surface area contributed by atoms with Gasteiger partial charge in [0, 0.05) is 25.2 Å². The van der Waals surface area contributed by atoms with Gasteiger partial charge in [-0.3, -0.25) is 0 Å². The first-order chi connectivity index (χ1) is 6.93. The molecule has 0 bridgehead atoms. The first kappa shape index (κ1) is 10.6. The second-order valence-electron chi connectivity index (χ2n) is 2.80. The Morgan fingerprint density at radius 1 is 1.14 bits per heavy atom. The molecule has 1 aliphatic heterocycles. The molecular formula is C10H14N3O+. The van der Waals surface area contributed by atoms with Gasteiger partial charge >= 0.3 is 5.69 Å². The maximum Gasteiger partial charge on any atom is 0.385 e. The standard InChI is InChI=1S/C6H5N2.C4H9NO/c7-8-6-4-2-1-3-5-6;1-3-6-4-2-5-1/h1-5H;5H,1-4H2/q+1;. The van der Waals surface area contributed by atoms with Gasteiger partial charge in [0.05, 0.1) is 13.2 Å². The van der Waals surface area contributed by atoms with Crippen molar-refractivity contribution in [2.24, 2.45) is 0 Å². The van der Waals surface area contributed by atoms with Crippen LogP contribution in [-0.4, -0.2) is 26.3 Å². The van der Waals surface area contributed by atoms with E-state index in [2.05, 4.69) is 10.3 Å². The minimum atomic E-state index is 0.590. The van der Waals surface area contributed by atoms with Crippen LogP contribution in [0.1, 0.15) is 0 Å². The number of hydrogen-bond acceptors (Lipinski definition) is 3. The van der Waals surface area contributed by atoms with Crippen molar-refractivity contribution in [1.29, 1.82) is 5.39 Å². The Kier molecular flexibility index (Phi) is 5.33. The van der Waals surface area contributed by atoms with Crippen LogP contribution in [0.15, 0.2) is 30.3 Å². The predicted molar refractivity (Wildman–Crippen MR) is 54.9 cm³/mol. The molecule has 0 unspecified atom stereocenters. The van der Waals surface area contributed by atoms with Crippen molar-refractivity contribution in [3.8, 4) is 0 Å². The lowest BCUT2D eigenvalue weighted by Crippen LogP contribution is -2.30. The van der Waals surface area contributed by atoms with E-state index in [-0.39, 0.29) is 0 Å². The molecule has 1 heterocycles. The van der Waals surface area contributed by atoms with E-state index in [0.717, 1.165) is 26.3 Å². The zero-order chi connectivity index (χ0) is 10.1. The van der Waals surface area contributed by atoms with E-state index in [1.807, 2.05) is 18.2 Å². The van der Waals surface area contributed by atoms with Crippen molar-refractivity contribution in [2.75, 3.05) is 26.3 Å². The molecule has 1 aromatic rings. The molecule has 0 radical (unpaired) electrons. The maximum atomic E-state index is 8.16. The molecule has 0 saturated carbocycles. The van der Waals surface area contributed by atoms with Crippen LogP contribution >= 0.6 is 0 Å². The summed E-state index contributed by atoms with van der Waals surface area (Å²) in [4.78, 5) is 2.97. The van der Waals surface area contributed by atoms with Gasteiger partial charge in [-0.05, 0) is 0 Å². The number of hydrogen-bond donors (Lipinski definition) is 1. The highest BCUT2D eigenvalue weighted by atomic mass is 16.5. The molecule has 0 atom stereocenters. The monoisotopic (exact) mass is 192 g/mol. The van der Waals surface area contributed by atoms with Gasteiger partial charge in [0.25, 0.3) is 0 Å². The second-order valence-corrected chi connectivity index (χ2v) is 2.80. The van der Waals surface area contributed by atoms with E-state index in [1.165, 1.54) is 0 Å². The Morgan fingerprint density at radius 2 is 1.79 bits per heavy atom. The van der Waals surface area contributed by atoms with Crippen molar-refractivity contribution in [3.05, 3.63) is 35.3 Å². The van der Waals surface area contributed by atoms with Crippen LogP contribution in [0.25, 0.3) is 4.98 Å². The predicted octanol–water partition coefficient (Wildman–Crippen LogP) is 1.78. The van der Waals surface area contributed by atoms with E-state index in [9.17, 15) is 0 Å². The van der Waals surface area contributed by atoms with Crippen molar-refractivity contribution >= 4 is 5.69 Å². The van der Waals surface area contributed by atoms with Gasteiger partial charge < -0.3 is 10.1 Å². The lowest BCUT2D eigenvalue weighted by Gasteiger charge is -2.10. The number of rotatable bonds is 0. The summed E-state index contributed by atoms with van der Waals surface area (Å²) in [6, 6.07) is 8.94. The second kappa shape index (κ2) is 7.01. The SMILES string of the molecule is C1COCCN1.N#[N+]c1ccccc1. The third-order valence-electron chi connectivity index (χ3n) is 1.72. The molecule has 1 aliphatic rings. The van der Waals surface area contributed by atoms with E-state index in [4.69, 9.17) is 10.1 Å². The Balaban J connectivity index is 0.000000146. The van der Waals surface area contributed by atoms with Crippen molar-refractivity contribution in [1.82, 2.24) is 5.32 Å². The first-order valence-electron chi connectivity index (χ1n) is 4.62. The zero-order valence-corrected chi connectivity index (χ0v) is 8.02. The van der Waals surface area contributed by atoms with E-state index < -0.39 is 0 Å².